The van der Waals surface area contributed by atoms with Crippen LogP contribution in [0.4, 0.5) is 4.39 Å². The van der Waals surface area contributed by atoms with E-state index in [2.05, 4.69) is 10.3 Å². The standard InChI is InChI=1S/C17H19FN2O4/c1-10-20-14(9-23-10)17(22)19-8-11-2-7-15(16(11)21)24-13-5-3-12(18)4-6-13/h3-6,9,11,15-16,21H,2,7-8H2,1H3,(H,19,22)/t11-,15-,16-/m1/s1. The maximum Gasteiger partial charge on any atom is 0.273 e. The number of aromatic nitrogens is 1. The smallest absolute Gasteiger partial charge is 0.273 e. The lowest BCUT2D eigenvalue weighted by Gasteiger charge is -2.21. The van der Waals surface area contributed by atoms with Gasteiger partial charge in [0.15, 0.2) is 11.6 Å². The summed E-state index contributed by atoms with van der Waals surface area (Å²) in [5, 5.41) is 13.1. The van der Waals surface area contributed by atoms with Crippen molar-refractivity contribution in [2.45, 2.75) is 32.0 Å². The number of nitrogens with zero attached hydrogens (tertiary/aromatic N) is 1. The van der Waals surface area contributed by atoms with E-state index in [-0.39, 0.29) is 29.4 Å². The van der Waals surface area contributed by atoms with Gasteiger partial charge in [0.05, 0.1) is 6.10 Å². The Balaban J connectivity index is 1.51. The molecule has 0 spiro atoms. The first-order valence-corrected chi connectivity index (χ1v) is 7.83. The summed E-state index contributed by atoms with van der Waals surface area (Å²) in [4.78, 5) is 15.9. The molecule has 3 rings (SSSR count). The highest BCUT2D eigenvalue weighted by atomic mass is 19.1. The number of nitrogens with one attached hydrogen (secondary N) is 1. The predicted molar refractivity (Wildman–Crippen MR) is 83.1 cm³/mol. The summed E-state index contributed by atoms with van der Waals surface area (Å²) in [7, 11) is 0. The molecule has 0 saturated heterocycles. The normalized spacial score (nSPS) is 23.2. The maximum absolute atomic E-state index is 12.9. The highest BCUT2D eigenvalue weighted by Gasteiger charge is 2.36. The van der Waals surface area contributed by atoms with Crippen molar-refractivity contribution in [1.29, 1.82) is 0 Å². The van der Waals surface area contributed by atoms with Gasteiger partial charge in [0.1, 0.15) is 23.9 Å². The van der Waals surface area contributed by atoms with E-state index in [1.807, 2.05) is 0 Å². The van der Waals surface area contributed by atoms with Crippen molar-refractivity contribution in [3.63, 3.8) is 0 Å². The number of aliphatic hydroxyl groups excluding tert-OH is 1. The Hall–Kier alpha value is -2.41. The number of benzene rings is 1. The molecule has 1 heterocycles. The molecule has 1 aliphatic rings. The molecule has 7 heteroatoms. The highest BCUT2D eigenvalue weighted by molar-refractivity contribution is 5.91. The molecule has 1 amide bonds. The molecule has 0 bridgehead atoms. The second kappa shape index (κ2) is 7.00. The van der Waals surface area contributed by atoms with E-state index >= 15 is 0 Å². The summed E-state index contributed by atoms with van der Waals surface area (Å²) >= 11 is 0. The van der Waals surface area contributed by atoms with Gasteiger partial charge in [-0.3, -0.25) is 4.79 Å². The number of rotatable bonds is 5. The molecule has 0 radical (unpaired) electrons. The van der Waals surface area contributed by atoms with Crippen LogP contribution in [-0.4, -0.2) is 34.8 Å². The third-order valence-electron chi connectivity index (χ3n) is 4.16. The van der Waals surface area contributed by atoms with Crippen LogP contribution in [0, 0.1) is 18.7 Å². The Morgan fingerprint density at radius 2 is 2.17 bits per heavy atom. The van der Waals surface area contributed by atoms with Crippen molar-refractivity contribution in [3.8, 4) is 5.75 Å². The van der Waals surface area contributed by atoms with Crippen molar-refractivity contribution < 1.29 is 23.4 Å². The topological polar surface area (TPSA) is 84.6 Å². The minimum absolute atomic E-state index is 0.104. The van der Waals surface area contributed by atoms with Crippen molar-refractivity contribution in [2.75, 3.05) is 6.54 Å². The fourth-order valence-corrected chi connectivity index (χ4v) is 2.84. The number of oxazole rings is 1. The van der Waals surface area contributed by atoms with Crippen molar-refractivity contribution in [2.24, 2.45) is 5.92 Å². The van der Waals surface area contributed by atoms with E-state index in [1.165, 1.54) is 30.5 Å². The Bertz CT molecular complexity index is 701. The molecule has 0 aliphatic heterocycles. The number of amides is 1. The number of carbonyl (C=O) groups excluding carboxylic acids is 1. The summed E-state index contributed by atoms with van der Waals surface area (Å²) in [6.07, 6.45) is 1.63. The summed E-state index contributed by atoms with van der Waals surface area (Å²) in [5.41, 5.74) is 0.221. The van der Waals surface area contributed by atoms with Gasteiger partial charge in [0.25, 0.3) is 5.91 Å². The third-order valence-corrected chi connectivity index (χ3v) is 4.16. The highest BCUT2D eigenvalue weighted by Crippen LogP contribution is 2.29. The summed E-state index contributed by atoms with van der Waals surface area (Å²) < 4.78 is 23.6. The molecule has 1 aliphatic carbocycles. The molecule has 2 aromatic rings. The fourth-order valence-electron chi connectivity index (χ4n) is 2.84. The van der Waals surface area contributed by atoms with E-state index in [4.69, 9.17) is 9.15 Å². The molecule has 6 nitrogen and oxygen atoms in total. The van der Waals surface area contributed by atoms with Gasteiger partial charge in [-0.1, -0.05) is 0 Å². The summed E-state index contributed by atoms with van der Waals surface area (Å²) in [6, 6.07) is 5.69. The Kier molecular flexibility index (Phi) is 4.80. The molecule has 1 saturated carbocycles. The van der Waals surface area contributed by atoms with E-state index in [0.29, 0.717) is 24.6 Å². The number of carbonyl (C=O) groups is 1. The Labute approximate surface area is 138 Å². The average Bonchev–Trinajstić information content (AvgIpc) is 3.15. The van der Waals surface area contributed by atoms with Crippen LogP contribution in [0.15, 0.2) is 34.9 Å². The summed E-state index contributed by atoms with van der Waals surface area (Å²) in [5.74, 6) is 0.171. The lowest BCUT2D eigenvalue weighted by atomic mass is 10.1. The first-order chi connectivity index (χ1) is 11.5. The van der Waals surface area contributed by atoms with E-state index in [1.54, 1.807) is 6.92 Å². The van der Waals surface area contributed by atoms with Gasteiger partial charge in [-0.25, -0.2) is 9.37 Å². The largest absolute Gasteiger partial charge is 0.488 e. The zero-order chi connectivity index (χ0) is 17.1. The fraction of sp³-hybridized carbons (Fsp3) is 0.412. The average molecular weight is 334 g/mol. The predicted octanol–water partition coefficient (Wildman–Crippen LogP) is 2.07. The van der Waals surface area contributed by atoms with Crippen LogP contribution >= 0.6 is 0 Å². The van der Waals surface area contributed by atoms with Crippen LogP contribution in [0.25, 0.3) is 0 Å². The van der Waals surface area contributed by atoms with Crippen LogP contribution in [0.5, 0.6) is 5.75 Å². The van der Waals surface area contributed by atoms with Crippen LogP contribution in [-0.2, 0) is 0 Å². The van der Waals surface area contributed by atoms with Gasteiger partial charge in [-0.15, -0.1) is 0 Å². The van der Waals surface area contributed by atoms with Crippen LogP contribution in [0.3, 0.4) is 0 Å². The molecular formula is C17H19FN2O4. The van der Waals surface area contributed by atoms with Gasteiger partial charge in [0.2, 0.25) is 0 Å². The lowest BCUT2D eigenvalue weighted by molar-refractivity contribution is 0.0348. The lowest BCUT2D eigenvalue weighted by Crippen LogP contribution is -2.37. The van der Waals surface area contributed by atoms with Gasteiger partial charge >= 0.3 is 0 Å². The van der Waals surface area contributed by atoms with Crippen molar-refractivity contribution in [3.05, 3.63) is 47.9 Å². The number of hydrogen-bond acceptors (Lipinski definition) is 5. The molecule has 1 aromatic carbocycles. The van der Waals surface area contributed by atoms with Crippen LogP contribution < -0.4 is 10.1 Å². The Morgan fingerprint density at radius 1 is 1.42 bits per heavy atom. The van der Waals surface area contributed by atoms with Crippen LogP contribution in [0.1, 0.15) is 29.2 Å². The second-order valence-electron chi connectivity index (χ2n) is 5.90. The first-order valence-electron chi connectivity index (χ1n) is 7.83. The molecule has 1 aromatic heterocycles. The SMILES string of the molecule is Cc1nc(C(=O)NC[C@H]2CC[C@@H](Oc3ccc(F)cc3)[C@@H]2O)co1. The molecule has 3 atom stereocenters. The quantitative estimate of drug-likeness (QED) is 0.874. The Morgan fingerprint density at radius 3 is 2.83 bits per heavy atom. The summed E-state index contributed by atoms with van der Waals surface area (Å²) in [6.45, 7) is 1.99. The van der Waals surface area contributed by atoms with E-state index in [0.717, 1.165) is 6.42 Å². The number of hydrogen-bond donors (Lipinski definition) is 2. The molecular weight excluding hydrogens is 315 g/mol. The molecule has 2 N–H and O–H groups in total. The van der Waals surface area contributed by atoms with Gasteiger partial charge in [0, 0.05) is 19.4 Å². The second-order valence-corrected chi connectivity index (χ2v) is 5.90. The van der Waals surface area contributed by atoms with E-state index < -0.39 is 6.10 Å². The minimum atomic E-state index is -0.700. The molecule has 0 unspecified atom stereocenters. The monoisotopic (exact) mass is 334 g/mol. The number of halogens is 1. The van der Waals surface area contributed by atoms with Gasteiger partial charge < -0.3 is 19.6 Å². The van der Waals surface area contributed by atoms with Crippen molar-refractivity contribution in [1.82, 2.24) is 10.3 Å². The number of aryl methyl sites for hydroxylation is 1. The zero-order valence-corrected chi connectivity index (χ0v) is 13.2. The molecule has 1 fully saturated rings. The maximum atomic E-state index is 12.9. The van der Waals surface area contributed by atoms with Gasteiger partial charge in [-0.2, -0.15) is 0 Å². The minimum Gasteiger partial charge on any atom is -0.488 e. The molecule has 24 heavy (non-hydrogen) atoms. The third kappa shape index (κ3) is 3.73. The molecule has 128 valence electrons. The van der Waals surface area contributed by atoms with E-state index in [9.17, 15) is 14.3 Å². The zero-order valence-electron chi connectivity index (χ0n) is 13.2. The number of ether oxygens (including phenoxy) is 1. The van der Waals surface area contributed by atoms with Gasteiger partial charge in [-0.05, 0) is 37.1 Å². The van der Waals surface area contributed by atoms with Crippen molar-refractivity contribution >= 4 is 5.91 Å². The number of aliphatic hydroxyl groups is 1. The first kappa shape index (κ1) is 16.4. The van der Waals surface area contributed by atoms with Crippen LogP contribution in [0.2, 0.25) is 0 Å².